The number of ether oxygens (including phenoxy) is 1. The SMILES string of the molecule is CCOC(=O)N1CCN(c2cc(Cl)c(Cl)cc2N)CC1. The number of piperazine rings is 1. The lowest BCUT2D eigenvalue weighted by molar-refractivity contribution is 0.105. The Bertz CT molecular complexity index is 503. The molecule has 2 rings (SSSR count). The molecule has 0 bridgehead atoms. The highest BCUT2D eigenvalue weighted by Gasteiger charge is 2.23. The van der Waals surface area contributed by atoms with Crippen LogP contribution in [0.4, 0.5) is 16.2 Å². The maximum Gasteiger partial charge on any atom is 0.409 e. The molecular weight excluding hydrogens is 301 g/mol. The van der Waals surface area contributed by atoms with E-state index in [1.54, 1.807) is 24.0 Å². The third kappa shape index (κ3) is 3.22. The first kappa shape index (κ1) is 15.1. The zero-order chi connectivity index (χ0) is 14.7. The maximum absolute atomic E-state index is 11.6. The molecule has 1 heterocycles. The van der Waals surface area contributed by atoms with Gasteiger partial charge >= 0.3 is 6.09 Å². The molecule has 0 aromatic heterocycles. The summed E-state index contributed by atoms with van der Waals surface area (Å²) in [6.45, 7) is 4.74. The number of benzene rings is 1. The molecule has 0 spiro atoms. The van der Waals surface area contributed by atoms with E-state index in [4.69, 9.17) is 33.7 Å². The van der Waals surface area contributed by atoms with E-state index < -0.39 is 0 Å². The summed E-state index contributed by atoms with van der Waals surface area (Å²) in [5, 5.41) is 0.918. The highest BCUT2D eigenvalue weighted by molar-refractivity contribution is 6.42. The number of hydrogen-bond donors (Lipinski definition) is 1. The molecular formula is C13H17Cl2N3O2. The first-order valence-corrected chi connectivity index (χ1v) is 7.19. The first-order chi connectivity index (χ1) is 9.52. The molecule has 2 N–H and O–H groups in total. The molecule has 0 aliphatic carbocycles. The number of amides is 1. The van der Waals surface area contributed by atoms with Crippen molar-refractivity contribution in [3.63, 3.8) is 0 Å². The fourth-order valence-electron chi connectivity index (χ4n) is 2.17. The zero-order valence-electron chi connectivity index (χ0n) is 11.2. The van der Waals surface area contributed by atoms with Crippen molar-refractivity contribution in [3.8, 4) is 0 Å². The number of nitrogen functional groups attached to an aromatic ring is 1. The standard InChI is InChI=1S/C13H17Cl2N3O2/c1-2-20-13(19)18-5-3-17(4-6-18)12-8-10(15)9(14)7-11(12)16/h7-8H,2-6,16H2,1H3. The van der Waals surface area contributed by atoms with Gasteiger partial charge in [0.2, 0.25) is 0 Å². The van der Waals surface area contributed by atoms with Crippen molar-refractivity contribution >= 4 is 40.7 Å². The predicted molar refractivity (Wildman–Crippen MR) is 81.7 cm³/mol. The second kappa shape index (κ2) is 6.41. The number of carbonyl (C=O) groups excluding carboxylic acids is 1. The Kier molecular flexibility index (Phi) is 4.83. The third-order valence-electron chi connectivity index (χ3n) is 3.22. The van der Waals surface area contributed by atoms with Crippen LogP contribution in [0.15, 0.2) is 12.1 Å². The van der Waals surface area contributed by atoms with Crippen LogP contribution in [0.1, 0.15) is 6.92 Å². The Balaban J connectivity index is 2.04. The Morgan fingerprint density at radius 3 is 2.45 bits per heavy atom. The van der Waals surface area contributed by atoms with Gasteiger partial charge in [-0.15, -0.1) is 0 Å². The summed E-state index contributed by atoms with van der Waals surface area (Å²) >= 11 is 12.0. The van der Waals surface area contributed by atoms with Gasteiger partial charge in [0.25, 0.3) is 0 Å². The van der Waals surface area contributed by atoms with E-state index in [0.717, 1.165) is 5.69 Å². The second-order valence-corrected chi connectivity index (χ2v) is 5.31. The first-order valence-electron chi connectivity index (χ1n) is 6.44. The monoisotopic (exact) mass is 317 g/mol. The Labute approximate surface area is 128 Å². The predicted octanol–water partition coefficient (Wildman–Crippen LogP) is 2.85. The fraction of sp³-hybridized carbons (Fsp3) is 0.462. The molecule has 1 aliphatic rings. The Morgan fingerprint density at radius 1 is 1.25 bits per heavy atom. The van der Waals surface area contributed by atoms with Crippen molar-refractivity contribution in [2.75, 3.05) is 43.4 Å². The number of nitrogens with two attached hydrogens (primary N) is 1. The van der Waals surface area contributed by atoms with Crippen molar-refractivity contribution in [2.24, 2.45) is 0 Å². The number of anilines is 2. The smallest absolute Gasteiger partial charge is 0.409 e. The molecule has 7 heteroatoms. The van der Waals surface area contributed by atoms with Gasteiger partial charge in [-0.1, -0.05) is 23.2 Å². The highest BCUT2D eigenvalue weighted by atomic mass is 35.5. The minimum Gasteiger partial charge on any atom is -0.450 e. The van der Waals surface area contributed by atoms with Crippen LogP contribution in [0, 0.1) is 0 Å². The van der Waals surface area contributed by atoms with Gasteiger partial charge < -0.3 is 20.3 Å². The topological polar surface area (TPSA) is 58.8 Å². The number of halogens is 2. The maximum atomic E-state index is 11.6. The van der Waals surface area contributed by atoms with Gasteiger partial charge in [-0.3, -0.25) is 0 Å². The number of hydrogen-bond acceptors (Lipinski definition) is 4. The van der Waals surface area contributed by atoms with E-state index in [1.807, 2.05) is 0 Å². The summed E-state index contributed by atoms with van der Waals surface area (Å²) in [4.78, 5) is 15.4. The van der Waals surface area contributed by atoms with Crippen molar-refractivity contribution in [3.05, 3.63) is 22.2 Å². The van der Waals surface area contributed by atoms with Gasteiger partial charge in [0.1, 0.15) is 0 Å². The third-order valence-corrected chi connectivity index (χ3v) is 3.94. The van der Waals surface area contributed by atoms with Crippen molar-refractivity contribution in [1.82, 2.24) is 4.90 Å². The number of rotatable bonds is 2. The molecule has 5 nitrogen and oxygen atoms in total. The summed E-state index contributed by atoms with van der Waals surface area (Å²) in [6.07, 6.45) is -0.269. The summed E-state index contributed by atoms with van der Waals surface area (Å²) in [6, 6.07) is 3.41. The van der Waals surface area contributed by atoms with E-state index in [9.17, 15) is 4.79 Å². The van der Waals surface area contributed by atoms with E-state index in [2.05, 4.69) is 4.90 Å². The van der Waals surface area contributed by atoms with Crippen LogP contribution in [0.3, 0.4) is 0 Å². The lowest BCUT2D eigenvalue weighted by atomic mass is 10.2. The molecule has 1 aromatic carbocycles. The zero-order valence-corrected chi connectivity index (χ0v) is 12.7. The summed E-state index contributed by atoms with van der Waals surface area (Å²) in [5.41, 5.74) is 7.41. The largest absolute Gasteiger partial charge is 0.450 e. The average Bonchev–Trinajstić information content (AvgIpc) is 2.43. The lowest BCUT2D eigenvalue weighted by Gasteiger charge is -2.36. The van der Waals surface area contributed by atoms with Gasteiger partial charge in [0.15, 0.2) is 0 Å². The van der Waals surface area contributed by atoms with Gasteiger partial charge in [-0.2, -0.15) is 0 Å². The highest BCUT2D eigenvalue weighted by Crippen LogP contribution is 2.33. The van der Waals surface area contributed by atoms with Crippen LogP contribution in [-0.4, -0.2) is 43.8 Å². The summed E-state index contributed by atoms with van der Waals surface area (Å²) in [7, 11) is 0. The van der Waals surface area contributed by atoms with E-state index in [0.29, 0.717) is 48.5 Å². The van der Waals surface area contributed by atoms with Crippen molar-refractivity contribution in [1.29, 1.82) is 0 Å². The van der Waals surface area contributed by atoms with E-state index >= 15 is 0 Å². The van der Waals surface area contributed by atoms with Crippen LogP contribution < -0.4 is 10.6 Å². The molecule has 1 fully saturated rings. The van der Waals surface area contributed by atoms with Gasteiger partial charge in [0, 0.05) is 26.2 Å². The molecule has 0 saturated carbocycles. The van der Waals surface area contributed by atoms with Crippen molar-refractivity contribution in [2.45, 2.75) is 6.92 Å². The number of nitrogens with zero attached hydrogens (tertiary/aromatic N) is 2. The van der Waals surface area contributed by atoms with E-state index in [1.165, 1.54) is 0 Å². The van der Waals surface area contributed by atoms with Crippen LogP contribution in [-0.2, 0) is 4.74 Å². The molecule has 20 heavy (non-hydrogen) atoms. The van der Waals surface area contributed by atoms with Crippen LogP contribution >= 0.6 is 23.2 Å². The normalized spacial score (nSPS) is 15.3. The summed E-state index contributed by atoms with van der Waals surface area (Å²) in [5.74, 6) is 0. The molecule has 1 saturated heterocycles. The van der Waals surface area contributed by atoms with Crippen molar-refractivity contribution < 1.29 is 9.53 Å². The van der Waals surface area contributed by atoms with Gasteiger partial charge in [-0.05, 0) is 19.1 Å². The molecule has 1 aromatic rings. The molecule has 1 aliphatic heterocycles. The molecule has 0 unspecified atom stereocenters. The minimum absolute atomic E-state index is 0.269. The molecule has 1 amide bonds. The quantitative estimate of drug-likeness (QED) is 0.852. The fourth-order valence-corrected chi connectivity index (χ4v) is 2.50. The van der Waals surface area contributed by atoms with Crippen LogP contribution in [0.25, 0.3) is 0 Å². The Hall–Kier alpha value is -1.33. The minimum atomic E-state index is -0.269. The van der Waals surface area contributed by atoms with Crippen LogP contribution in [0.2, 0.25) is 10.0 Å². The molecule has 0 radical (unpaired) electrons. The van der Waals surface area contributed by atoms with Crippen LogP contribution in [0.5, 0.6) is 0 Å². The van der Waals surface area contributed by atoms with Gasteiger partial charge in [0.05, 0.1) is 28.0 Å². The molecule has 0 atom stereocenters. The lowest BCUT2D eigenvalue weighted by Crippen LogP contribution is -2.49. The summed E-state index contributed by atoms with van der Waals surface area (Å²) < 4.78 is 4.99. The van der Waals surface area contributed by atoms with E-state index in [-0.39, 0.29) is 6.09 Å². The molecule has 110 valence electrons. The average molecular weight is 318 g/mol. The van der Waals surface area contributed by atoms with Gasteiger partial charge in [-0.25, -0.2) is 4.79 Å². The Morgan fingerprint density at radius 2 is 1.85 bits per heavy atom. The second-order valence-electron chi connectivity index (χ2n) is 4.50. The number of carbonyl (C=O) groups is 1.